The Hall–Kier alpha value is -2.79. The normalized spacial score (nSPS) is 22.0. The number of esters is 1. The van der Waals surface area contributed by atoms with E-state index in [0.717, 1.165) is 24.3 Å². The van der Waals surface area contributed by atoms with Crippen LogP contribution in [0.1, 0.15) is 55.4 Å². The number of benzene rings is 2. The van der Waals surface area contributed by atoms with E-state index >= 15 is 0 Å². The Balaban J connectivity index is 1.59. The predicted octanol–water partition coefficient (Wildman–Crippen LogP) is 5.16. The molecule has 2 aromatic carbocycles. The van der Waals surface area contributed by atoms with Crippen molar-refractivity contribution in [1.29, 1.82) is 0 Å². The lowest BCUT2D eigenvalue weighted by Crippen LogP contribution is -2.32. The third-order valence-electron chi connectivity index (χ3n) is 6.99. The van der Waals surface area contributed by atoms with Crippen LogP contribution in [0.3, 0.4) is 0 Å². The molecule has 32 heavy (non-hydrogen) atoms. The Morgan fingerprint density at radius 2 is 1.97 bits per heavy atom. The Bertz CT molecular complexity index is 1210. The first-order valence-electron chi connectivity index (χ1n) is 11.5. The maximum absolute atomic E-state index is 11.8. The topological polar surface area (TPSA) is 71.5 Å². The summed E-state index contributed by atoms with van der Waals surface area (Å²) < 4.78 is 12.0. The Kier molecular flexibility index (Phi) is 5.05. The van der Waals surface area contributed by atoms with Crippen molar-refractivity contribution < 1.29 is 19.4 Å². The number of hydrogen-bond donors (Lipinski definition) is 2. The molecule has 0 aliphatic carbocycles. The lowest BCUT2D eigenvalue weighted by molar-refractivity contribution is -0.160. The number of hydrogen-bond acceptors (Lipinski definition) is 4. The molecule has 2 N–H and O–H groups in total. The smallest absolute Gasteiger partial charge is 0.308 e. The van der Waals surface area contributed by atoms with Crippen LogP contribution in [-0.4, -0.2) is 33.9 Å². The van der Waals surface area contributed by atoms with Gasteiger partial charge in [-0.25, -0.2) is 0 Å². The van der Waals surface area contributed by atoms with E-state index in [2.05, 4.69) is 63.1 Å². The maximum Gasteiger partial charge on any atom is 0.308 e. The highest BCUT2D eigenvalue weighted by molar-refractivity contribution is 5.97. The molecule has 1 fully saturated rings. The monoisotopic (exact) mass is 433 g/mol. The van der Waals surface area contributed by atoms with Gasteiger partial charge < -0.3 is 19.6 Å². The lowest BCUT2D eigenvalue weighted by Gasteiger charge is -2.27. The third-order valence-corrected chi connectivity index (χ3v) is 6.99. The fourth-order valence-corrected chi connectivity index (χ4v) is 5.48. The quantitative estimate of drug-likeness (QED) is 0.557. The Labute approximate surface area is 188 Å². The Morgan fingerprint density at radius 1 is 1.19 bits per heavy atom. The lowest BCUT2D eigenvalue weighted by atomic mass is 9.85. The molecular formula is C27H31NO4. The number of fused-ring (bicyclic) bond motifs is 2. The number of rotatable bonds is 4. The van der Waals surface area contributed by atoms with Crippen LogP contribution < -0.4 is 4.74 Å². The summed E-state index contributed by atoms with van der Waals surface area (Å²) in [6.07, 6.45) is 4.07. The van der Waals surface area contributed by atoms with Crippen molar-refractivity contribution in [3.8, 4) is 17.0 Å². The van der Waals surface area contributed by atoms with Crippen molar-refractivity contribution in [3.05, 3.63) is 52.7 Å². The van der Waals surface area contributed by atoms with Gasteiger partial charge >= 0.3 is 5.97 Å². The molecule has 1 saturated heterocycles. The molecule has 0 spiro atoms. The van der Waals surface area contributed by atoms with Gasteiger partial charge in [0.1, 0.15) is 17.5 Å². The fourth-order valence-electron chi connectivity index (χ4n) is 5.48. The van der Waals surface area contributed by atoms with Crippen molar-refractivity contribution in [2.24, 2.45) is 0 Å². The number of carbonyl (C=O) groups is 1. The largest absolute Gasteiger partial charge is 0.487 e. The van der Waals surface area contributed by atoms with Crippen LogP contribution in [0.2, 0.25) is 0 Å². The average molecular weight is 434 g/mol. The zero-order chi connectivity index (χ0) is 22.6. The van der Waals surface area contributed by atoms with Gasteiger partial charge in [0.25, 0.3) is 0 Å². The number of aliphatic hydroxyl groups excluding tert-OH is 1. The van der Waals surface area contributed by atoms with Crippen molar-refractivity contribution in [1.82, 2.24) is 4.98 Å². The van der Waals surface area contributed by atoms with E-state index in [-0.39, 0.29) is 24.1 Å². The van der Waals surface area contributed by atoms with E-state index in [0.29, 0.717) is 12.8 Å². The van der Waals surface area contributed by atoms with Crippen LogP contribution in [-0.2, 0) is 22.4 Å². The molecule has 5 rings (SSSR count). The van der Waals surface area contributed by atoms with Gasteiger partial charge in [-0.05, 0) is 62.6 Å². The summed E-state index contributed by atoms with van der Waals surface area (Å²) in [5.74, 6) is 0.683. The molecule has 3 heterocycles. The molecule has 5 heteroatoms. The molecule has 5 nitrogen and oxygen atoms in total. The molecule has 1 aromatic heterocycles. The SMILES string of the molecule is Cc1c(CC[C@H]2C[C@H](O)CC(=O)O2)c2c(c(C)c1-c1[nH]cc3ccccc13)CC(C)(C)O2. The fraction of sp³-hybridized carbons (Fsp3) is 0.444. The first kappa shape index (κ1) is 21.1. The minimum absolute atomic E-state index is 0.0941. The highest BCUT2D eigenvalue weighted by atomic mass is 16.5. The zero-order valence-corrected chi connectivity index (χ0v) is 19.2. The molecule has 168 valence electrons. The molecule has 0 unspecified atom stereocenters. The summed E-state index contributed by atoms with van der Waals surface area (Å²) in [5, 5.41) is 12.4. The first-order chi connectivity index (χ1) is 15.2. The van der Waals surface area contributed by atoms with Gasteiger partial charge in [0.05, 0.1) is 18.2 Å². The van der Waals surface area contributed by atoms with Gasteiger partial charge in [0.15, 0.2) is 0 Å². The van der Waals surface area contributed by atoms with E-state index in [1.807, 2.05) is 0 Å². The molecule has 2 aliphatic heterocycles. The minimum atomic E-state index is -0.609. The highest BCUT2D eigenvalue weighted by Crippen LogP contribution is 2.47. The summed E-state index contributed by atoms with van der Waals surface area (Å²) >= 11 is 0. The molecule has 0 bridgehead atoms. The van der Waals surface area contributed by atoms with E-state index in [4.69, 9.17) is 9.47 Å². The second kappa shape index (κ2) is 7.66. The molecule has 0 amide bonds. The van der Waals surface area contributed by atoms with E-state index in [1.165, 1.54) is 38.6 Å². The average Bonchev–Trinajstić information content (AvgIpc) is 3.28. The van der Waals surface area contributed by atoms with Crippen molar-refractivity contribution >= 4 is 16.7 Å². The summed E-state index contributed by atoms with van der Waals surface area (Å²) in [5.41, 5.74) is 7.04. The third kappa shape index (κ3) is 3.58. The number of carbonyl (C=O) groups excluding carboxylic acids is 1. The van der Waals surface area contributed by atoms with E-state index < -0.39 is 6.10 Å². The molecule has 0 radical (unpaired) electrons. The minimum Gasteiger partial charge on any atom is -0.487 e. The molecule has 2 aliphatic rings. The molecular weight excluding hydrogens is 402 g/mol. The molecule has 3 aromatic rings. The number of aromatic amines is 1. The van der Waals surface area contributed by atoms with Crippen LogP contribution >= 0.6 is 0 Å². The standard InChI is InChI=1S/C27H31NO4/c1-15-20(10-9-19-11-18(29)12-23(30)31-19)26-22(13-27(3,4)32-26)16(2)24(15)25-21-8-6-5-7-17(21)14-28-25/h5-8,14,18-19,28-29H,9-13H2,1-4H3/t18-,19-/m0/s1. The van der Waals surface area contributed by atoms with E-state index in [9.17, 15) is 9.90 Å². The number of ether oxygens (including phenoxy) is 2. The van der Waals surface area contributed by atoms with Crippen LogP contribution in [0.5, 0.6) is 5.75 Å². The number of aromatic nitrogens is 1. The molecule has 2 atom stereocenters. The maximum atomic E-state index is 11.8. The van der Waals surface area contributed by atoms with Gasteiger partial charge in [-0.1, -0.05) is 24.3 Å². The number of cyclic esters (lactones) is 1. The van der Waals surface area contributed by atoms with E-state index in [1.54, 1.807) is 0 Å². The summed E-state index contributed by atoms with van der Waals surface area (Å²) in [4.78, 5) is 15.3. The van der Waals surface area contributed by atoms with Gasteiger partial charge in [-0.3, -0.25) is 4.79 Å². The number of aliphatic hydroxyl groups is 1. The molecule has 0 saturated carbocycles. The predicted molar refractivity (Wildman–Crippen MR) is 125 cm³/mol. The summed E-state index contributed by atoms with van der Waals surface area (Å²) in [6.45, 7) is 8.64. The first-order valence-corrected chi connectivity index (χ1v) is 11.5. The number of H-pyrrole nitrogens is 1. The summed E-state index contributed by atoms with van der Waals surface area (Å²) in [7, 11) is 0. The van der Waals surface area contributed by atoms with Crippen molar-refractivity contribution in [3.63, 3.8) is 0 Å². The number of nitrogens with one attached hydrogen (secondary N) is 1. The van der Waals surface area contributed by atoms with Crippen molar-refractivity contribution in [2.45, 2.75) is 77.6 Å². The van der Waals surface area contributed by atoms with Crippen LogP contribution in [0, 0.1) is 13.8 Å². The second-order valence-corrected chi connectivity index (χ2v) is 9.94. The van der Waals surface area contributed by atoms with Gasteiger partial charge in [0, 0.05) is 35.6 Å². The van der Waals surface area contributed by atoms with Crippen LogP contribution in [0.4, 0.5) is 0 Å². The van der Waals surface area contributed by atoms with Gasteiger partial charge in [-0.2, -0.15) is 0 Å². The van der Waals surface area contributed by atoms with Crippen molar-refractivity contribution in [2.75, 3.05) is 0 Å². The van der Waals surface area contributed by atoms with Gasteiger partial charge in [-0.15, -0.1) is 0 Å². The van der Waals surface area contributed by atoms with Crippen LogP contribution in [0.15, 0.2) is 30.5 Å². The highest BCUT2D eigenvalue weighted by Gasteiger charge is 2.36. The summed E-state index contributed by atoms with van der Waals surface area (Å²) in [6, 6.07) is 8.43. The van der Waals surface area contributed by atoms with Crippen LogP contribution in [0.25, 0.3) is 22.0 Å². The second-order valence-electron chi connectivity index (χ2n) is 9.94. The Morgan fingerprint density at radius 3 is 2.75 bits per heavy atom. The zero-order valence-electron chi connectivity index (χ0n) is 19.2. The van der Waals surface area contributed by atoms with Gasteiger partial charge in [0.2, 0.25) is 0 Å².